The van der Waals surface area contributed by atoms with Gasteiger partial charge in [0.1, 0.15) is 12.4 Å². The molecule has 2 heterocycles. The summed E-state index contributed by atoms with van der Waals surface area (Å²) in [7, 11) is 2.14. The smallest absolute Gasteiger partial charge is 0.251 e. The normalized spacial score (nSPS) is 17.9. The van der Waals surface area contributed by atoms with Crippen molar-refractivity contribution in [3.63, 3.8) is 0 Å². The Balaban J connectivity index is 1.47. The first kappa shape index (κ1) is 17.4. The van der Waals surface area contributed by atoms with Gasteiger partial charge in [-0.05, 0) is 68.8 Å². The molecule has 1 aliphatic rings. The molecule has 3 rings (SSSR count). The molecule has 1 aliphatic heterocycles. The fraction of sp³-hybridized carbons (Fsp3) is 0.400. The molecule has 2 aromatic rings. The van der Waals surface area contributed by atoms with Crippen LogP contribution in [0.4, 0.5) is 0 Å². The van der Waals surface area contributed by atoms with Crippen molar-refractivity contribution in [3.05, 3.63) is 59.9 Å². The zero-order valence-corrected chi connectivity index (χ0v) is 14.6. The molecule has 1 N–H and O–H groups in total. The largest absolute Gasteiger partial charge is 0.487 e. The highest BCUT2D eigenvalue weighted by molar-refractivity contribution is 5.94. The summed E-state index contributed by atoms with van der Waals surface area (Å²) in [5.74, 6) is 1.25. The van der Waals surface area contributed by atoms with Gasteiger partial charge in [0.2, 0.25) is 0 Å². The van der Waals surface area contributed by atoms with Crippen LogP contribution in [0, 0.1) is 5.92 Å². The van der Waals surface area contributed by atoms with Gasteiger partial charge in [-0.1, -0.05) is 6.07 Å². The molecule has 1 aromatic heterocycles. The Bertz CT molecular complexity index is 673. The van der Waals surface area contributed by atoms with Gasteiger partial charge in [0.15, 0.2) is 0 Å². The summed E-state index contributed by atoms with van der Waals surface area (Å²) >= 11 is 0. The highest BCUT2D eigenvalue weighted by Gasteiger charge is 2.18. The number of nitrogens with one attached hydrogen (secondary N) is 1. The standard InChI is InChI=1S/C20H25N3O2/c1-23-12-4-5-16(14-23)13-22-20(24)17-7-9-19(10-8-17)25-15-18-6-2-3-11-21-18/h2-3,6-11,16H,4-5,12-15H2,1H3,(H,22,24). The van der Waals surface area contributed by atoms with E-state index in [4.69, 9.17) is 4.74 Å². The van der Waals surface area contributed by atoms with E-state index in [1.807, 2.05) is 30.3 Å². The lowest BCUT2D eigenvalue weighted by Gasteiger charge is -2.29. The van der Waals surface area contributed by atoms with Crippen molar-refractivity contribution in [3.8, 4) is 5.75 Å². The molecule has 0 saturated carbocycles. The van der Waals surface area contributed by atoms with E-state index in [1.165, 1.54) is 12.8 Å². The topological polar surface area (TPSA) is 54.5 Å². The Kier molecular flexibility index (Phi) is 6.01. The number of amides is 1. The minimum Gasteiger partial charge on any atom is -0.487 e. The van der Waals surface area contributed by atoms with E-state index in [9.17, 15) is 4.79 Å². The molecule has 1 saturated heterocycles. The summed E-state index contributed by atoms with van der Waals surface area (Å²) in [4.78, 5) is 18.8. The van der Waals surface area contributed by atoms with Crippen LogP contribution < -0.4 is 10.1 Å². The number of hydrogen-bond donors (Lipinski definition) is 1. The maximum absolute atomic E-state index is 12.3. The van der Waals surface area contributed by atoms with Crippen LogP contribution in [0.3, 0.4) is 0 Å². The lowest BCUT2D eigenvalue weighted by molar-refractivity contribution is 0.0937. The molecule has 25 heavy (non-hydrogen) atoms. The quantitative estimate of drug-likeness (QED) is 0.879. The van der Waals surface area contributed by atoms with Gasteiger partial charge in [0, 0.05) is 24.8 Å². The third kappa shape index (κ3) is 5.29. The van der Waals surface area contributed by atoms with Crippen LogP contribution >= 0.6 is 0 Å². The first-order valence-corrected chi connectivity index (χ1v) is 8.80. The third-order valence-corrected chi connectivity index (χ3v) is 4.50. The van der Waals surface area contributed by atoms with E-state index < -0.39 is 0 Å². The highest BCUT2D eigenvalue weighted by Crippen LogP contribution is 2.16. The fourth-order valence-corrected chi connectivity index (χ4v) is 3.12. The van der Waals surface area contributed by atoms with Crippen molar-refractivity contribution < 1.29 is 9.53 Å². The Labute approximate surface area is 149 Å². The fourth-order valence-electron chi connectivity index (χ4n) is 3.12. The molecule has 0 spiro atoms. The molecule has 0 aliphatic carbocycles. The second kappa shape index (κ2) is 8.62. The molecule has 0 bridgehead atoms. The van der Waals surface area contributed by atoms with E-state index in [-0.39, 0.29) is 5.91 Å². The number of likely N-dealkylation sites (tertiary alicyclic amines) is 1. The molecule has 0 radical (unpaired) electrons. The number of hydrogen-bond acceptors (Lipinski definition) is 4. The van der Waals surface area contributed by atoms with E-state index in [1.54, 1.807) is 18.3 Å². The number of benzene rings is 1. The number of aromatic nitrogens is 1. The van der Waals surface area contributed by atoms with Gasteiger partial charge in [-0.3, -0.25) is 9.78 Å². The van der Waals surface area contributed by atoms with E-state index in [0.29, 0.717) is 18.1 Å². The van der Waals surface area contributed by atoms with Gasteiger partial charge < -0.3 is 15.0 Å². The molecule has 5 nitrogen and oxygen atoms in total. The second-order valence-corrected chi connectivity index (χ2v) is 6.61. The lowest BCUT2D eigenvalue weighted by Crippen LogP contribution is -2.39. The maximum Gasteiger partial charge on any atom is 0.251 e. The summed E-state index contributed by atoms with van der Waals surface area (Å²) in [6, 6.07) is 13.0. The molecule has 5 heteroatoms. The Morgan fingerprint density at radius 3 is 2.84 bits per heavy atom. The minimum atomic E-state index is -0.0236. The van der Waals surface area contributed by atoms with Gasteiger partial charge in [-0.25, -0.2) is 0 Å². The number of nitrogens with zero attached hydrogens (tertiary/aromatic N) is 2. The van der Waals surface area contributed by atoms with Crippen LogP contribution in [-0.2, 0) is 6.61 Å². The van der Waals surface area contributed by atoms with E-state index in [0.717, 1.165) is 31.1 Å². The van der Waals surface area contributed by atoms with Crippen molar-refractivity contribution in [2.45, 2.75) is 19.4 Å². The molecule has 1 aromatic carbocycles. The van der Waals surface area contributed by atoms with Crippen molar-refractivity contribution in [2.24, 2.45) is 5.92 Å². The molecule has 1 amide bonds. The first-order chi connectivity index (χ1) is 12.2. The number of carbonyl (C=O) groups excluding carboxylic acids is 1. The predicted molar refractivity (Wildman–Crippen MR) is 97.6 cm³/mol. The Morgan fingerprint density at radius 2 is 2.12 bits per heavy atom. The van der Waals surface area contributed by atoms with Crippen LogP contribution in [-0.4, -0.2) is 42.5 Å². The molecular formula is C20H25N3O2. The number of piperidine rings is 1. The summed E-state index contributed by atoms with van der Waals surface area (Å²) in [6.45, 7) is 3.37. The molecule has 132 valence electrons. The van der Waals surface area contributed by atoms with Crippen LogP contribution in [0.5, 0.6) is 5.75 Å². The van der Waals surface area contributed by atoms with Crippen LogP contribution in [0.2, 0.25) is 0 Å². The number of carbonyl (C=O) groups is 1. The summed E-state index contributed by atoms with van der Waals surface area (Å²) in [6.07, 6.45) is 4.14. The summed E-state index contributed by atoms with van der Waals surface area (Å²) in [5, 5.41) is 3.05. The zero-order valence-electron chi connectivity index (χ0n) is 14.6. The summed E-state index contributed by atoms with van der Waals surface area (Å²) < 4.78 is 5.69. The number of rotatable bonds is 6. The van der Waals surface area contributed by atoms with Crippen molar-refractivity contribution in [2.75, 3.05) is 26.7 Å². The second-order valence-electron chi connectivity index (χ2n) is 6.61. The molecular weight excluding hydrogens is 314 g/mol. The van der Waals surface area contributed by atoms with Crippen LogP contribution in [0.15, 0.2) is 48.7 Å². The minimum absolute atomic E-state index is 0.0236. The molecule has 1 atom stereocenters. The average Bonchev–Trinajstić information content (AvgIpc) is 2.66. The predicted octanol–water partition coefficient (Wildman–Crippen LogP) is 2.73. The third-order valence-electron chi connectivity index (χ3n) is 4.50. The van der Waals surface area contributed by atoms with Gasteiger partial charge in [-0.15, -0.1) is 0 Å². The van der Waals surface area contributed by atoms with Gasteiger partial charge in [-0.2, -0.15) is 0 Å². The number of pyridine rings is 1. The van der Waals surface area contributed by atoms with Gasteiger partial charge >= 0.3 is 0 Å². The van der Waals surface area contributed by atoms with Crippen molar-refractivity contribution in [1.29, 1.82) is 0 Å². The molecule has 1 unspecified atom stereocenters. The number of ether oxygens (including phenoxy) is 1. The Morgan fingerprint density at radius 1 is 1.28 bits per heavy atom. The monoisotopic (exact) mass is 339 g/mol. The average molecular weight is 339 g/mol. The SMILES string of the molecule is CN1CCCC(CNC(=O)c2ccc(OCc3ccccn3)cc2)C1. The van der Waals surface area contributed by atoms with Crippen molar-refractivity contribution >= 4 is 5.91 Å². The first-order valence-electron chi connectivity index (χ1n) is 8.80. The van der Waals surface area contributed by atoms with Crippen molar-refractivity contribution in [1.82, 2.24) is 15.2 Å². The van der Waals surface area contributed by atoms with E-state index >= 15 is 0 Å². The summed E-state index contributed by atoms with van der Waals surface area (Å²) in [5.41, 5.74) is 1.54. The molecule has 1 fully saturated rings. The van der Waals surface area contributed by atoms with Crippen LogP contribution in [0.1, 0.15) is 28.9 Å². The van der Waals surface area contributed by atoms with E-state index in [2.05, 4.69) is 22.2 Å². The lowest BCUT2D eigenvalue weighted by atomic mass is 9.98. The van der Waals surface area contributed by atoms with Gasteiger partial charge in [0.25, 0.3) is 5.91 Å². The maximum atomic E-state index is 12.3. The highest BCUT2D eigenvalue weighted by atomic mass is 16.5. The van der Waals surface area contributed by atoms with Crippen LogP contribution in [0.25, 0.3) is 0 Å². The Hall–Kier alpha value is -2.40. The zero-order chi connectivity index (χ0) is 17.5. The van der Waals surface area contributed by atoms with Gasteiger partial charge in [0.05, 0.1) is 5.69 Å².